The topological polar surface area (TPSA) is 57.4 Å². The molecule has 1 heterocycles. The quantitative estimate of drug-likeness (QED) is 0.849. The average Bonchev–Trinajstić information content (AvgIpc) is 2.29. The van der Waals surface area contributed by atoms with E-state index in [1.165, 1.54) is 0 Å². The van der Waals surface area contributed by atoms with Gasteiger partial charge in [-0.25, -0.2) is 0 Å². The van der Waals surface area contributed by atoms with E-state index in [1.54, 1.807) is 19.5 Å². The molecule has 88 valence electrons. The van der Waals surface area contributed by atoms with E-state index in [0.717, 1.165) is 31.4 Å². The molecule has 1 aromatic rings. The average molecular weight is 222 g/mol. The third kappa shape index (κ3) is 2.85. The number of ether oxygens (including phenoxy) is 2. The van der Waals surface area contributed by atoms with Crippen LogP contribution in [0.2, 0.25) is 0 Å². The summed E-state index contributed by atoms with van der Waals surface area (Å²) < 4.78 is 11.2. The fraction of sp³-hybridized carbons (Fsp3) is 0.583. The highest BCUT2D eigenvalue weighted by Crippen LogP contribution is 2.25. The maximum absolute atomic E-state index is 5.85. The molecule has 0 aromatic carbocycles. The molecule has 1 aliphatic rings. The Bertz CT molecular complexity index is 344. The summed E-state index contributed by atoms with van der Waals surface area (Å²) in [5.41, 5.74) is 6.29. The van der Waals surface area contributed by atoms with Crippen LogP contribution in [0, 0.1) is 0 Å². The van der Waals surface area contributed by atoms with Crippen LogP contribution in [0.15, 0.2) is 18.5 Å². The van der Waals surface area contributed by atoms with Crippen LogP contribution in [0.5, 0.6) is 5.75 Å². The Balaban J connectivity index is 1.94. The standard InChI is InChI=1S/C12H18N2O2/c1-15-10-3-2-4-11(6-10)16-12-5-9(13)7-14-8-12/h5,7-8,10-11H,2-4,6,13H2,1H3. The Morgan fingerprint density at radius 2 is 2.12 bits per heavy atom. The zero-order valence-corrected chi connectivity index (χ0v) is 9.56. The molecule has 1 saturated carbocycles. The smallest absolute Gasteiger partial charge is 0.140 e. The second kappa shape index (κ2) is 5.16. The molecule has 4 heteroatoms. The van der Waals surface area contributed by atoms with Crippen molar-refractivity contribution in [1.82, 2.24) is 4.98 Å². The lowest BCUT2D eigenvalue weighted by Gasteiger charge is -2.28. The predicted molar refractivity (Wildman–Crippen MR) is 62.3 cm³/mol. The lowest BCUT2D eigenvalue weighted by molar-refractivity contribution is 0.0209. The number of methoxy groups -OCH3 is 1. The summed E-state index contributed by atoms with van der Waals surface area (Å²) in [6, 6.07) is 1.81. The maximum atomic E-state index is 5.85. The first-order chi connectivity index (χ1) is 7.78. The van der Waals surface area contributed by atoms with Gasteiger partial charge < -0.3 is 15.2 Å². The molecule has 4 nitrogen and oxygen atoms in total. The molecule has 2 unspecified atom stereocenters. The second-order valence-electron chi connectivity index (χ2n) is 4.22. The highest BCUT2D eigenvalue weighted by molar-refractivity contribution is 5.40. The van der Waals surface area contributed by atoms with Gasteiger partial charge in [0.15, 0.2) is 0 Å². The van der Waals surface area contributed by atoms with Crippen molar-refractivity contribution in [3.8, 4) is 5.75 Å². The lowest BCUT2D eigenvalue weighted by atomic mass is 9.95. The summed E-state index contributed by atoms with van der Waals surface area (Å²) >= 11 is 0. The number of anilines is 1. The molecule has 0 bridgehead atoms. The molecule has 2 N–H and O–H groups in total. The number of aromatic nitrogens is 1. The van der Waals surface area contributed by atoms with Gasteiger partial charge in [0, 0.05) is 19.6 Å². The summed E-state index contributed by atoms with van der Waals surface area (Å²) in [7, 11) is 1.76. The summed E-state index contributed by atoms with van der Waals surface area (Å²) in [6.07, 6.45) is 8.18. The Morgan fingerprint density at radius 3 is 2.88 bits per heavy atom. The van der Waals surface area contributed by atoms with E-state index in [1.807, 2.05) is 6.07 Å². The Hall–Kier alpha value is -1.29. The van der Waals surface area contributed by atoms with Crippen LogP contribution in [0.3, 0.4) is 0 Å². The molecule has 0 aliphatic heterocycles. The van der Waals surface area contributed by atoms with Gasteiger partial charge in [0.1, 0.15) is 11.9 Å². The molecule has 1 aromatic heterocycles. The van der Waals surface area contributed by atoms with Crippen LogP contribution in [-0.4, -0.2) is 24.3 Å². The molecule has 0 radical (unpaired) electrons. The number of nitrogens with two attached hydrogens (primary N) is 1. The van der Waals surface area contributed by atoms with E-state index in [-0.39, 0.29) is 6.10 Å². The lowest BCUT2D eigenvalue weighted by Crippen LogP contribution is -2.29. The van der Waals surface area contributed by atoms with Gasteiger partial charge in [-0.15, -0.1) is 0 Å². The van der Waals surface area contributed by atoms with Gasteiger partial charge in [-0.2, -0.15) is 0 Å². The Morgan fingerprint density at radius 1 is 1.31 bits per heavy atom. The minimum atomic E-state index is 0.224. The molecule has 2 atom stereocenters. The van der Waals surface area contributed by atoms with Crippen molar-refractivity contribution in [1.29, 1.82) is 0 Å². The Labute approximate surface area is 95.8 Å². The van der Waals surface area contributed by atoms with Gasteiger partial charge in [-0.05, 0) is 19.3 Å². The number of hydrogen-bond donors (Lipinski definition) is 1. The van der Waals surface area contributed by atoms with Crippen molar-refractivity contribution in [2.24, 2.45) is 0 Å². The van der Waals surface area contributed by atoms with Gasteiger partial charge in [0.05, 0.1) is 24.2 Å². The minimum Gasteiger partial charge on any atom is -0.489 e. The monoisotopic (exact) mass is 222 g/mol. The highest BCUT2D eigenvalue weighted by Gasteiger charge is 2.23. The fourth-order valence-electron chi connectivity index (χ4n) is 2.12. The molecule has 0 saturated heterocycles. The minimum absolute atomic E-state index is 0.224. The van der Waals surface area contributed by atoms with Crippen molar-refractivity contribution in [3.05, 3.63) is 18.5 Å². The number of nitrogens with zero attached hydrogens (tertiary/aromatic N) is 1. The van der Waals surface area contributed by atoms with Crippen LogP contribution in [0.1, 0.15) is 25.7 Å². The highest BCUT2D eigenvalue weighted by atomic mass is 16.5. The van der Waals surface area contributed by atoms with E-state index >= 15 is 0 Å². The molecule has 16 heavy (non-hydrogen) atoms. The molecule has 0 spiro atoms. The summed E-state index contributed by atoms with van der Waals surface area (Å²) in [4.78, 5) is 4.01. The van der Waals surface area contributed by atoms with Crippen LogP contribution in [0.4, 0.5) is 5.69 Å². The van der Waals surface area contributed by atoms with Crippen LogP contribution >= 0.6 is 0 Å². The van der Waals surface area contributed by atoms with Crippen molar-refractivity contribution in [2.45, 2.75) is 37.9 Å². The van der Waals surface area contributed by atoms with Crippen molar-refractivity contribution in [3.63, 3.8) is 0 Å². The van der Waals surface area contributed by atoms with Crippen molar-refractivity contribution in [2.75, 3.05) is 12.8 Å². The van der Waals surface area contributed by atoms with E-state index in [0.29, 0.717) is 11.8 Å². The first kappa shape index (κ1) is 11.2. The fourth-order valence-corrected chi connectivity index (χ4v) is 2.12. The zero-order chi connectivity index (χ0) is 11.4. The van der Waals surface area contributed by atoms with E-state index in [2.05, 4.69) is 4.98 Å². The van der Waals surface area contributed by atoms with Crippen LogP contribution in [0.25, 0.3) is 0 Å². The summed E-state index contributed by atoms with van der Waals surface area (Å²) in [5.74, 6) is 0.752. The third-order valence-corrected chi connectivity index (χ3v) is 2.95. The van der Waals surface area contributed by atoms with Gasteiger partial charge in [-0.3, -0.25) is 4.98 Å². The summed E-state index contributed by atoms with van der Waals surface area (Å²) in [6.45, 7) is 0. The Kier molecular flexibility index (Phi) is 3.62. The van der Waals surface area contributed by atoms with Gasteiger partial charge in [0.25, 0.3) is 0 Å². The molecule has 0 amide bonds. The van der Waals surface area contributed by atoms with Gasteiger partial charge in [0.2, 0.25) is 0 Å². The first-order valence-electron chi connectivity index (χ1n) is 5.68. The number of hydrogen-bond acceptors (Lipinski definition) is 4. The van der Waals surface area contributed by atoms with E-state index < -0.39 is 0 Å². The largest absolute Gasteiger partial charge is 0.489 e. The molecular formula is C12H18N2O2. The van der Waals surface area contributed by atoms with Crippen molar-refractivity contribution >= 4 is 5.69 Å². The molecule has 2 rings (SSSR count). The zero-order valence-electron chi connectivity index (χ0n) is 9.56. The van der Waals surface area contributed by atoms with Gasteiger partial charge >= 0.3 is 0 Å². The predicted octanol–water partition coefficient (Wildman–Crippen LogP) is 2.00. The second-order valence-corrected chi connectivity index (χ2v) is 4.22. The van der Waals surface area contributed by atoms with Gasteiger partial charge in [-0.1, -0.05) is 0 Å². The number of pyridine rings is 1. The third-order valence-electron chi connectivity index (χ3n) is 2.95. The maximum Gasteiger partial charge on any atom is 0.140 e. The summed E-state index contributed by atoms with van der Waals surface area (Å²) in [5, 5.41) is 0. The van der Waals surface area contributed by atoms with E-state index in [9.17, 15) is 0 Å². The molecule has 1 fully saturated rings. The van der Waals surface area contributed by atoms with Crippen LogP contribution < -0.4 is 10.5 Å². The van der Waals surface area contributed by atoms with Crippen LogP contribution in [-0.2, 0) is 4.74 Å². The molecular weight excluding hydrogens is 204 g/mol. The number of rotatable bonds is 3. The van der Waals surface area contributed by atoms with E-state index in [4.69, 9.17) is 15.2 Å². The normalized spacial score (nSPS) is 25.3. The van der Waals surface area contributed by atoms with Crippen molar-refractivity contribution < 1.29 is 9.47 Å². The molecule has 1 aliphatic carbocycles. The first-order valence-corrected chi connectivity index (χ1v) is 5.68. The number of nitrogen functional groups attached to an aromatic ring is 1. The SMILES string of the molecule is COC1CCCC(Oc2cncc(N)c2)C1.